The number of aromatic nitrogens is 2. The number of thiazole rings is 2. The van der Waals surface area contributed by atoms with Crippen LogP contribution in [0.15, 0.2) is 10.8 Å². The van der Waals surface area contributed by atoms with E-state index in [1.807, 2.05) is 24.3 Å². The molecule has 4 nitrogen and oxygen atoms in total. The van der Waals surface area contributed by atoms with Gasteiger partial charge in [0.05, 0.1) is 23.1 Å². The van der Waals surface area contributed by atoms with Gasteiger partial charge < -0.3 is 4.90 Å². The molecule has 0 aliphatic rings. The summed E-state index contributed by atoms with van der Waals surface area (Å²) < 4.78 is 0. The number of Topliss-reactive ketones (excluding diaryl/α,β-unsaturated/α-hetero) is 1. The summed E-state index contributed by atoms with van der Waals surface area (Å²) >= 11 is 8.57. The van der Waals surface area contributed by atoms with Gasteiger partial charge in [-0.15, -0.1) is 34.3 Å². The summed E-state index contributed by atoms with van der Waals surface area (Å²) in [6.45, 7) is 2.67. The van der Waals surface area contributed by atoms with Crippen molar-refractivity contribution in [1.29, 1.82) is 0 Å². The van der Waals surface area contributed by atoms with Gasteiger partial charge in [-0.25, -0.2) is 9.97 Å². The van der Waals surface area contributed by atoms with Gasteiger partial charge in [0.25, 0.3) is 0 Å². The fraction of sp³-hybridized carbons (Fsp3) is 0.364. The molecule has 2 aromatic rings. The number of aryl methyl sites for hydroxylation is 1. The van der Waals surface area contributed by atoms with Gasteiger partial charge in [0.2, 0.25) is 0 Å². The van der Waals surface area contributed by atoms with E-state index < -0.39 is 0 Å². The van der Waals surface area contributed by atoms with Crippen LogP contribution in [-0.2, 0) is 6.54 Å². The zero-order chi connectivity index (χ0) is 13.1. The lowest BCUT2D eigenvalue weighted by molar-refractivity contribution is 0.101. The molecule has 96 valence electrons. The Labute approximate surface area is 118 Å². The molecule has 2 rings (SSSR count). The molecule has 0 saturated carbocycles. The number of halogens is 1. The van der Waals surface area contributed by atoms with E-state index in [0.29, 0.717) is 12.2 Å². The molecule has 0 spiro atoms. The van der Waals surface area contributed by atoms with E-state index in [2.05, 4.69) is 9.97 Å². The normalized spacial score (nSPS) is 10.6. The van der Waals surface area contributed by atoms with Gasteiger partial charge in [0.1, 0.15) is 5.69 Å². The number of carbonyl (C=O) groups excluding carboxylic acids is 1. The van der Waals surface area contributed by atoms with Crippen LogP contribution in [0.3, 0.4) is 0 Å². The summed E-state index contributed by atoms with van der Waals surface area (Å²) in [7, 11) is 1.93. The Kier molecular flexibility index (Phi) is 4.31. The van der Waals surface area contributed by atoms with Crippen molar-refractivity contribution in [3.05, 3.63) is 27.2 Å². The highest BCUT2D eigenvalue weighted by Gasteiger charge is 2.13. The van der Waals surface area contributed by atoms with Crippen molar-refractivity contribution in [2.75, 3.05) is 17.8 Å². The lowest BCUT2D eigenvalue weighted by atomic mass is 10.3. The molecule has 0 atom stereocenters. The molecule has 0 bridgehead atoms. The van der Waals surface area contributed by atoms with E-state index in [0.717, 1.165) is 15.8 Å². The lowest BCUT2D eigenvalue weighted by Gasteiger charge is -2.13. The number of hydrogen-bond donors (Lipinski definition) is 0. The van der Waals surface area contributed by atoms with E-state index in [-0.39, 0.29) is 11.7 Å². The van der Waals surface area contributed by atoms with Gasteiger partial charge in [0.15, 0.2) is 10.9 Å². The number of hydrogen-bond acceptors (Lipinski definition) is 6. The maximum Gasteiger partial charge on any atom is 0.196 e. The molecule has 2 heterocycles. The number of alkyl halides is 1. The van der Waals surface area contributed by atoms with Gasteiger partial charge >= 0.3 is 0 Å². The quantitative estimate of drug-likeness (QED) is 0.629. The molecule has 18 heavy (non-hydrogen) atoms. The third kappa shape index (κ3) is 3.07. The molecule has 0 unspecified atom stereocenters. The maximum atomic E-state index is 11.4. The topological polar surface area (TPSA) is 46.1 Å². The summed E-state index contributed by atoms with van der Waals surface area (Å²) in [6, 6.07) is 0. The van der Waals surface area contributed by atoms with Gasteiger partial charge in [-0.2, -0.15) is 0 Å². The van der Waals surface area contributed by atoms with Gasteiger partial charge in [-0.1, -0.05) is 0 Å². The largest absolute Gasteiger partial charge is 0.345 e. The van der Waals surface area contributed by atoms with Crippen LogP contribution >= 0.6 is 34.3 Å². The summed E-state index contributed by atoms with van der Waals surface area (Å²) in [4.78, 5) is 22.0. The fourth-order valence-electron chi connectivity index (χ4n) is 1.43. The van der Waals surface area contributed by atoms with E-state index in [1.54, 1.807) is 16.7 Å². The predicted octanol–water partition coefficient (Wildman–Crippen LogP) is 2.97. The second-order valence-corrected chi connectivity index (χ2v) is 5.95. The molecule has 0 N–H and O–H groups in total. The summed E-state index contributed by atoms with van der Waals surface area (Å²) in [5.74, 6) is -0.171. The minimum Gasteiger partial charge on any atom is -0.345 e. The van der Waals surface area contributed by atoms with Crippen molar-refractivity contribution in [3.8, 4) is 0 Å². The van der Waals surface area contributed by atoms with Crippen molar-refractivity contribution in [2.24, 2.45) is 0 Å². The van der Waals surface area contributed by atoms with Crippen LogP contribution < -0.4 is 4.90 Å². The van der Waals surface area contributed by atoms with Crippen LogP contribution in [0.5, 0.6) is 0 Å². The van der Waals surface area contributed by atoms with Crippen molar-refractivity contribution < 1.29 is 4.79 Å². The Morgan fingerprint density at radius 1 is 1.39 bits per heavy atom. The lowest BCUT2D eigenvalue weighted by Crippen LogP contribution is -2.16. The number of nitrogens with zero attached hydrogens (tertiary/aromatic N) is 3. The Morgan fingerprint density at radius 2 is 2.17 bits per heavy atom. The fourth-order valence-corrected chi connectivity index (χ4v) is 2.97. The molecular formula is C11H12ClN3OS2. The van der Waals surface area contributed by atoms with E-state index in [9.17, 15) is 4.79 Å². The van der Waals surface area contributed by atoms with E-state index in [1.165, 1.54) is 11.3 Å². The van der Waals surface area contributed by atoms with Crippen molar-refractivity contribution in [1.82, 2.24) is 9.97 Å². The Hall–Kier alpha value is -0.980. The predicted molar refractivity (Wildman–Crippen MR) is 76.1 cm³/mol. The second-order valence-electron chi connectivity index (χ2n) is 3.79. The zero-order valence-corrected chi connectivity index (χ0v) is 12.4. The van der Waals surface area contributed by atoms with Crippen LogP contribution in [0.1, 0.15) is 21.2 Å². The SMILES string of the molecule is Cc1nc(CN(C)c2nc(C(=O)CCl)cs2)cs1. The van der Waals surface area contributed by atoms with Gasteiger partial charge in [-0.05, 0) is 6.92 Å². The summed E-state index contributed by atoms with van der Waals surface area (Å²) in [5, 5.41) is 5.62. The standard InChI is InChI=1S/C11H12ClN3OS2/c1-7-13-8(5-17-7)4-15(2)11-14-9(6-18-11)10(16)3-12/h5-6H,3-4H2,1-2H3. The first kappa shape index (κ1) is 13.5. The minimum atomic E-state index is -0.142. The number of anilines is 1. The molecule has 2 aromatic heterocycles. The van der Waals surface area contributed by atoms with Crippen molar-refractivity contribution in [2.45, 2.75) is 13.5 Å². The Morgan fingerprint density at radius 3 is 2.78 bits per heavy atom. The highest BCUT2D eigenvalue weighted by Crippen LogP contribution is 2.22. The third-order valence-corrected chi connectivity index (χ3v) is 4.31. The molecule has 0 aromatic carbocycles. The summed E-state index contributed by atoms with van der Waals surface area (Å²) in [6.07, 6.45) is 0. The Balaban J connectivity index is 2.07. The molecule has 0 amide bonds. The van der Waals surface area contributed by atoms with Crippen LogP contribution in [0.25, 0.3) is 0 Å². The Bertz CT molecular complexity index is 552. The van der Waals surface area contributed by atoms with Crippen LogP contribution in [0, 0.1) is 6.92 Å². The van der Waals surface area contributed by atoms with E-state index in [4.69, 9.17) is 11.6 Å². The number of ketones is 1. The zero-order valence-electron chi connectivity index (χ0n) is 10.0. The monoisotopic (exact) mass is 301 g/mol. The van der Waals surface area contributed by atoms with Crippen LogP contribution in [0.4, 0.5) is 5.13 Å². The van der Waals surface area contributed by atoms with Gasteiger partial charge in [0, 0.05) is 17.8 Å². The van der Waals surface area contributed by atoms with Crippen LogP contribution in [0.2, 0.25) is 0 Å². The molecule has 0 saturated heterocycles. The third-order valence-electron chi connectivity index (χ3n) is 2.29. The first-order valence-corrected chi connectivity index (χ1v) is 7.56. The highest BCUT2D eigenvalue weighted by molar-refractivity contribution is 7.14. The smallest absolute Gasteiger partial charge is 0.196 e. The average Bonchev–Trinajstić information content (AvgIpc) is 2.97. The average molecular weight is 302 g/mol. The molecule has 7 heteroatoms. The molecule has 0 aliphatic carbocycles. The highest BCUT2D eigenvalue weighted by atomic mass is 35.5. The second kappa shape index (κ2) is 5.77. The molecule has 0 fully saturated rings. The number of carbonyl (C=O) groups is 1. The minimum absolute atomic E-state index is 0.0296. The van der Waals surface area contributed by atoms with Gasteiger partial charge in [-0.3, -0.25) is 4.79 Å². The molecular weight excluding hydrogens is 290 g/mol. The maximum absolute atomic E-state index is 11.4. The molecule has 0 aliphatic heterocycles. The van der Waals surface area contributed by atoms with Crippen molar-refractivity contribution >= 4 is 45.2 Å². The summed E-state index contributed by atoms with van der Waals surface area (Å²) in [5.41, 5.74) is 1.45. The van der Waals surface area contributed by atoms with E-state index >= 15 is 0 Å². The first-order valence-electron chi connectivity index (χ1n) is 5.27. The molecule has 0 radical (unpaired) electrons. The van der Waals surface area contributed by atoms with Crippen LogP contribution in [-0.4, -0.2) is 28.7 Å². The van der Waals surface area contributed by atoms with Crippen molar-refractivity contribution in [3.63, 3.8) is 0 Å². The number of rotatable bonds is 5. The first-order chi connectivity index (χ1) is 8.60.